The number of hydroxylamine groups is 1. The summed E-state index contributed by atoms with van der Waals surface area (Å²) >= 11 is 0. The second kappa shape index (κ2) is 4.93. The van der Waals surface area contributed by atoms with Crippen LogP contribution in [0.1, 0.15) is 47.6 Å². The van der Waals surface area contributed by atoms with Crippen LogP contribution in [0.3, 0.4) is 0 Å². The zero-order valence-electron chi connectivity index (χ0n) is 14.1. The zero-order chi connectivity index (χ0) is 16.1. The van der Waals surface area contributed by atoms with Gasteiger partial charge in [0.15, 0.2) is 0 Å². The Morgan fingerprint density at radius 1 is 1.20 bits per heavy atom. The smallest absolute Gasteiger partial charge is 0.321 e. The van der Waals surface area contributed by atoms with Crippen molar-refractivity contribution in [1.29, 1.82) is 0 Å². The minimum atomic E-state index is -2.00. The number of rotatable bonds is 2. The molecule has 0 aliphatic heterocycles. The van der Waals surface area contributed by atoms with E-state index in [9.17, 15) is 9.59 Å². The number of nitrogens with zero attached hydrogens (tertiary/aromatic N) is 1. The van der Waals surface area contributed by atoms with Crippen LogP contribution < -0.4 is 5.48 Å². The lowest BCUT2D eigenvalue weighted by Crippen LogP contribution is -2.48. The van der Waals surface area contributed by atoms with Crippen LogP contribution in [0.4, 0.5) is 4.79 Å². The van der Waals surface area contributed by atoms with Crippen molar-refractivity contribution < 1.29 is 17.2 Å². The maximum absolute atomic E-state index is 12.3. The van der Waals surface area contributed by atoms with Crippen LogP contribution in [0.15, 0.2) is 0 Å². The van der Waals surface area contributed by atoms with E-state index in [1.54, 1.807) is 0 Å². The van der Waals surface area contributed by atoms with Gasteiger partial charge in [-0.2, -0.15) is 5.48 Å². The Morgan fingerprint density at radius 3 is 2.15 bits per heavy atom. The molecule has 4 aliphatic rings. The fourth-order valence-corrected chi connectivity index (χ4v) is 4.71. The Kier molecular flexibility index (Phi) is 2.81. The SMILES string of the molecule is [2H]C([2H])(C(=O)NOC(=O)N(C)C)C12CC3CC(CC(C3)C1)C2. The molecule has 0 radical (unpaired) electrons. The van der Waals surface area contributed by atoms with Crippen LogP contribution in [0.25, 0.3) is 0 Å². The van der Waals surface area contributed by atoms with E-state index in [1.807, 2.05) is 5.48 Å². The molecule has 0 aromatic rings. The second-order valence-corrected chi connectivity index (χ2v) is 7.02. The van der Waals surface area contributed by atoms with Gasteiger partial charge >= 0.3 is 6.09 Å². The number of hydrogen-bond donors (Lipinski definition) is 1. The Labute approximate surface area is 122 Å². The van der Waals surface area contributed by atoms with Gasteiger partial charge in [-0.3, -0.25) is 4.79 Å². The summed E-state index contributed by atoms with van der Waals surface area (Å²) in [5.74, 6) is 0.833. The van der Waals surface area contributed by atoms with Gasteiger partial charge in [0.25, 0.3) is 5.91 Å². The van der Waals surface area contributed by atoms with Crippen molar-refractivity contribution in [2.24, 2.45) is 23.2 Å². The summed E-state index contributed by atoms with van der Waals surface area (Å²) in [6, 6.07) is 0. The molecular weight excluding hydrogens is 256 g/mol. The molecule has 2 amide bonds. The molecule has 1 N–H and O–H groups in total. The normalized spacial score (nSPS) is 39.8. The average Bonchev–Trinajstić information content (AvgIpc) is 2.42. The van der Waals surface area contributed by atoms with Crippen molar-refractivity contribution in [3.8, 4) is 0 Å². The Bertz CT molecular complexity index is 458. The van der Waals surface area contributed by atoms with Crippen molar-refractivity contribution in [3.63, 3.8) is 0 Å². The molecule has 0 unspecified atom stereocenters. The number of nitrogens with one attached hydrogen (secondary N) is 1. The number of carbonyl (C=O) groups excluding carboxylic acids is 2. The van der Waals surface area contributed by atoms with E-state index in [0.717, 1.165) is 19.3 Å². The molecule has 4 saturated carbocycles. The zero-order valence-corrected chi connectivity index (χ0v) is 12.1. The molecule has 0 aromatic carbocycles. The molecule has 4 aliphatic carbocycles. The molecule has 0 atom stereocenters. The Morgan fingerprint density at radius 2 is 1.70 bits per heavy atom. The highest BCUT2D eigenvalue weighted by molar-refractivity contribution is 5.78. The van der Waals surface area contributed by atoms with Crippen molar-refractivity contribution in [2.45, 2.75) is 44.9 Å². The van der Waals surface area contributed by atoms with Gasteiger partial charge in [0, 0.05) is 23.2 Å². The summed E-state index contributed by atoms with van der Waals surface area (Å²) in [5, 5.41) is 0. The van der Waals surface area contributed by atoms with Gasteiger partial charge < -0.3 is 9.74 Å². The van der Waals surface area contributed by atoms with Crippen molar-refractivity contribution >= 4 is 12.0 Å². The van der Waals surface area contributed by atoms with E-state index >= 15 is 0 Å². The maximum atomic E-state index is 12.3. The standard InChI is InChI=1S/C15H24N2O3/c1-17(2)14(19)20-16-13(18)9-15-6-10-3-11(7-15)5-12(4-10)8-15/h10-12H,3-9H2,1-2H3,(H,16,18)/i9D2. The molecule has 4 fully saturated rings. The first-order chi connectivity index (χ1) is 10.2. The summed E-state index contributed by atoms with van der Waals surface area (Å²) in [5.41, 5.74) is 1.44. The largest absolute Gasteiger partial charge is 0.433 e. The van der Waals surface area contributed by atoms with Crippen LogP contribution in [-0.2, 0) is 9.63 Å². The van der Waals surface area contributed by atoms with E-state index in [1.165, 1.54) is 38.3 Å². The Balaban J connectivity index is 1.72. The lowest BCUT2D eigenvalue weighted by molar-refractivity contribution is -0.138. The average molecular weight is 282 g/mol. The van der Waals surface area contributed by atoms with E-state index in [2.05, 4.69) is 4.84 Å². The minimum Gasteiger partial charge on any atom is -0.321 e. The highest BCUT2D eigenvalue weighted by Crippen LogP contribution is 2.61. The molecule has 0 heterocycles. The van der Waals surface area contributed by atoms with Crippen molar-refractivity contribution in [1.82, 2.24) is 10.4 Å². The summed E-state index contributed by atoms with van der Waals surface area (Å²) in [7, 11) is 3.00. The van der Waals surface area contributed by atoms with Crippen molar-refractivity contribution in [3.05, 3.63) is 0 Å². The van der Waals surface area contributed by atoms with E-state index < -0.39 is 23.8 Å². The first-order valence-electron chi connectivity index (χ1n) is 8.42. The quantitative estimate of drug-likeness (QED) is 0.791. The molecular formula is C15H24N2O3. The number of hydrogen-bond acceptors (Lipinski definition) is 3. The van der Waals surface area contributed by atoms with Crippen molar-refractivity contribution in [2.75, 3.05) is 14.1 Å². The highest BCUT2D eigenvalue weighted by atomic mass is 16.7. The molecule has 112 valence electrons. The van der Waals surface area contributed by atoms with Crippen LogP contribution in [-0.4, -0.2) is 31.0 Å². The molecule has 4 rings (SSSR count). The van der Waals surface area contributed by atoms with Crippen LogP contribution >= 0.6 is 0 Å². The van der Waals surface area contributed by atoms with Gasteiger partial charge in [0.2, 0.25) is 0 Å². The van der Waals surface area contributed by atoms with Crippen LogP contribution in [0, 0.1) is 23.2 Å². The van der Waals surface area contributed by atoms with Gasteiger partial charge in [0.05, 0.1) is 0 Å². The van der Waals surface area contributed by atoms with Crippen LogP contribution in [0.5, 0.6) is 0 Å². The van der Waals surface area contributed by atoms with Gasteiger partial charge in [-0.1, -0.05) is 0 Å². The van der Waals surface area contributed by atoms with Gasteiger partial charge in [-0.05, 0) is 61.7 Å². The Hall–Kier alpha value is -1.26. The summed E-state index contributed by atoms with van der Waals surface area (Å²) in [4.78, 5) is 29.6. The third-order valence-corrected chi connectivity index (χ3v) is 5.01. The molecule has 0 spiro atoms. The summed E-state index contributed by atoms with van der Waals surface area (Å²) < 4.78 is 16.8. The number of carbonyl (C=O) groups is 2. The number of amides is 2. The van der Waals surface area contributed by atoms with E-state index in [4.69, 9.17) is 2.74 Å². The fraction of sp³-hybridized carbons (Fsp3) is 0.867. The van der Waals surface area contributed by atoms with Crippen LogP contribution in [0.2, 0.25) is 0 Å². The third-order valence-electron chi connectivity index (χ3n) is 5.01. The van der Waals surface area contributed by atoms with Gasteiger partial charge in [-0.15, -0.1) is 0 Å². The van der Waals surface area contributed by atoms with Gasteiger partial charge in [-0.25, -0.2) is 4.79 Å². The first kappa shape index (κ1) is 11.4. The van der Waals surface area contributed by atoms with E-state index in [0.29, 0.717) is 17.8 Å². The first-order valence-corrected chi connectivity index (χ1v) is 7.42. The monoisotopic (exact) mass is 282 g/mol. The summed E-state index contributed by atoms with van der Waals surface area (Å²) in [6.45, 7) is 0. The molecule has 0 saturated heterocycles. The fourth-order valence-electron chi connectivity index (χ4n) is 4.71. The third kappa shape index (κ3) is 2.63. The topological polar surface area (TPSA) is 58.6 Å². The second-order valence-electron chi connectivity index (χ2n) is 7.02. The predicted molar refractivity (Wildman–Crippen MR) is 73.5 cm³/mol. The lowest BCUT2D eigenvalue weighted by atomic mass is 9.49. The molecule has 0 aromatic heterocycles. The van der Waals surface area contributed by atoms with Gasteiger partial charge in [0.1, 0.15) is 0 Å². The minimum absolute atomic E-state index is 0.554. The molecule has 20 heavy (non-hydrogen) atoms. The van der Waals surface area contributed by atoms with E-state index in [-0.39, 0.29) is 0 Å². The summed E-state index contributed by atoms with van der Waals surface area (Å²) in [6.07, 6.45) is 3.18. The predicted octanol–water partition coefficient (Wildman–Crippen LogP) is 2.32. The lowest BCUT2D eigenvalue weighted by Gasteiger charge is -2.56. The maximum Gasteiger partial charge on any atom is 0.433 e. The molecule has 5 heteroatoms. The molecule has 5 nitrogen and oxygen atoms in total. The highest BCUT2D eigenvalue weighted by Gasteiger charge is 2.51. The molecule has 4 bridgehead atoms.